The number of carboxylic acid groups (broad SMARTS) is 1. The summed E-state index contributed by atoms with van der Waals surface area (Å²) in [7, 11) is 0. The first-order chi connectivity index (χ1) is 16.3. The van der Waals surface area contributed by atoms with Crippen molar-refractivity contribution in [3.63, 3.8) is 0 Å². The van der Waals surface area contributed by atoms with Crippen LogP contribution in [0.15, 0.2) is 66.1 Å². The summed E-state index contributed by atoms with van der Waals surface area (Å²) < 4.78 is 6.00. The van der Waals surface area contributed by atoms with Crippen molar-refractivity contribution in [3.8, 4) is 11.8 Å². The average Bonchev–Trinajstić information content (AvgIpc) is 2.82. The maximum atomic E-state index is 12.4. The molecule has 170 valence electrons. The van der Waals surface area contributed by atoms with E-state index in [2.05, 4.69) is 5.32 Å². The summed E-state index contributed by atoms with van der Waals surface area (Å²) in [5, 5.41) is 34.3. The van der Waals surface area contributed by atoms with E-state index in [1.807, 2.05) is 36.4 Å². The van der Waals surface area contributed by atoms with Crippen LogP contribution in [0.4, 0.5) is 5.69 Å². The first-order valence-electron chi connectivity index (χ1n) is 10.1. The number of benzene rings is 3. The van der Waals surface area contributed by atoms with Crippen LogP contribution in [0.3, 0.4) is 0 Å². The number of nitrogens with one attached hydrogen (secondary N) is 1. The van der Waals surface area contributed by atoms with Crippen molar-refractivity contribution >= 4 is 39.9 Å². The lowest BCUT2D eigenvalue weighted by molar-refractivity contribution is -0.384. The highest BCUT2D eigenvalue weighted by Crippen LogP contribution is 2.46. The second kappa shape index (κ2) is 9.21. The Labute approximate surface area is 198 Å². The highest BCUT2D eigenvalue weighted by Gasteiger charge is 2.34. The number of halogens is 1. The number of nitrogens with zero attached hydrogens (tertiary/aromatic N) is 2. The maximum Gasteiger partial charge on any atom is 0.303 e. The second-order valence-corrected chi connectivity index (χ2v) is 7.91. The monoisotopic (exact) mass is 477 g/mol. The molecule has 3 aromatic rings. The van der Waals surface area contributed by atoms with Gasteiger partial charge in [-0.2, -0.15) is 5.26 Å². The molecule has 0 saturated carbocycles. The number of aliphatic carboxylic acids is 1. The number of nitriles is 1. The molecule has 0 aromatic heterocycles. The van der Waals surface area contributed by atoms with E-state index >= 15 is 0 Å². The van der Waals surface area contributed by atoms with E-state index in [4.69, 9.17) is 21.4 Å². The molecule has 1 heterocycles. The lowest BCUT2D eigenvalue weighted by Crippen LogP contribution is -2.31. The van der Waals surface area contributed by atoms with Crippen molar-refractivity contribution in [2.24, 2.45) is 0 Å². The van der Waals surface area contributed by atoms with Crippen LogP contribution in [0.1, 0.15) is 29.9 Å². The van der Waals surface area contributed by atoms with E-state index in [9.17, 15) is 25.0 Å². The van der Waals surface area contributed by atoms with Gasteiger partial charge in [-0.05, 0) is 17.0 Å². The van der Waals surface area contributed by atoms with E-state index in [-0.39, 0.29) is 28.6 Å². The summed E-state index contributed by atoms with van der Waals surface area (Å²) in [5.74, 6) is -2.35. The third-order valence-corrected chi connectivity index (χ3v) is 5.72. The number of carbonyl (C=O) groups excluding carboxylic acids is 1. The van der Waals surface area contributed by atoms with Crippen LogP contribution >= 0.6 is 11.6 Å². The van der Waals surface area contributed by atoms with Crippen LogP contribution in [0.25, 0.3) is 10.8 Å². The number of nitro groups is 1. The van der Waals surface area contributed by atoms with Crippen molar-refractivity contribution in [3.05, 3.63) is 92.3 Å². The lowest BCUT2D eigenvalue weighted by Gasteiger charge is -2.29. The molecule has 34 heavy (non-hydrogen) atoms. The van der Waals surface area contributed by atoms with Gasteiger partial charge < -0.3 is 9.84 Å². The normalized spacial score (nSPS) is 14.6. The van der Waals surface area contributed by atoms with Gasteiger partial charge in [0.1, 0.15) is 22.4 Å². The Balaban J connectivity index is 1.90. The second-order valence-electron chi connectivity index (χ2n) is 7.50. The highest BCUT2D eigenvalue weighted by atomic mass is 35.5. The van der Waals surface area contributed by atoms with Crippen LogP contribution < -0.4 is 10.1 Å². The van der Waals surface area contributed by atoms with Gasteiger partial charge in [-0.25, -0.2) is 0 Å². The summed E-state index contributed by atoms with van der Waals surface area (Å²) in [5.41, 5.74) is 0.681. The number of ether oxygens (including phenoxy) is 1. The summed E-state index contributed by atoms with van der Waals surface area (Å²) in [4.78, 5) is 34.1. The molecular formula is C24H16ClN3O6. The molecule has 10 heteroatoms. The molecule has 0 aliphatic carbocycles. The zero-order valence-electron chi connectivity index (χ0n) is 17.4. The predicted molar refractivity (Wildman–Crippen MR) is 122 cm³/mol. The molecule has 1 aliphatic heterocycles. The summed E-state index contributed by atoms with van der Waals surface area (Å²) in [6.07, 6.45) is -0.715. The van der Waals surface area contributed by atoms with Crippen LogP contribution in [0, 0.1) is 21.4 Å². The molecule has 2 N–H and O–H groups in total. The molecule has 9 nitrogen and oxygen atoms in total. The van der Waals surface area contributed by atoms with Gasteiger partial charge in [-0.15, -0.1) is 0 Å². The van der Waals surface area contributed by atoms with Gasteiger partial charge in [0.25, 0.3) is 5.69 Å². The molecule has 1 aliphatic rings. The molecule has 0 radical (unpaired) electrons. The van der Waals surface area contributed by atoms with Gasteiger partial charge in [0, 0.05) is 23.4 Å². The quantitative estimate of drug-likeness (QED) is 0.388. The van der Waals surface area contributed by atoms with E-state index in [1.165, 1.54) is 12.1 Å². The Bertz CT molecular complexity index is 1430. The fourth-order valence-electron chi connectivity index (χ4n) is 3.86. The fourth-order valence-corrected chi connectivity index (χ4v) is 4.04. The fraction of sp³-hybridized carbons (Fsp3) is 0.125. The third kappa shape index (κ3) is 4.27. The van der Waals surface area contributed by atoms with Crippen molar-refractivity contribution in [1.82, 2.24) is 5.32 Å². The van der Waals surface area contributed by atoms with Crippen LogP contribution in [0.5, 0.6) is 5.75 Å². The molecule has 1 amide bonds. The summed E-state index contributed by atoms with van der Waals surface area (Å²) >= 11 is 5.99. The molecule has 0 bridgehead atoms. The lowest BCUT2D eigenvalue weighted by atomic mass is 9.82. The Morgan fingerprint density at radius 2 is 1.94 bits per heavy atom. The number of amides is 1. The van der Waals surface area contributed by atoms with Crippen molar-refractivity contribution in [1.29, 1.82) is 5.26 Å². The Hall–Kier alpha value is -4.42. The minimum Gasteiger partial charge on any atom is -0.481 e. The van der Waals surface area contributed by atoms with Crippen LogP contribution in [-0.2, 0) is 9.59 Å². The van der Waals surface area contributed by atoms with Gasteiger partial charge >= 0.3 is 5.97 Å². The number of rotatable bonds is 6. The van der Waals surface area contributed by atoms with Gasteiger partial charge in [0.2, 0.25) is 11.8 Å². The topological polar surface area (TPSA) is 143 Å². The number of carbonyl (C=O) groups is 2. The van der Waals surface area contributed by atoms with Gasteiger partial charge in [0.15, 0.2) is 0 Å². The first kappa shape index (κ1) is 22.8. The van der Waals surface area contributed by atoms with Crippen LogP contribution in [-0.4, -0.2) is 21.9 Å². The largest absolute Gasteiger partial charge is 0.481 e. The minimum absolute atomic E-state index is 0.0167. The molecular weight excluding hydrogens is 462 g/mol. The van der Waals surface area contributed by atoms with Crippen molar-refractivity contribution in [2.45, 2.75) is 18.8 Å². The van der Waals surface area contributed by atoms with Crippen molar-refractivity contribution in [2.75, 3.05) is 0 Å². The molecule has 1 atom stereocenters. The molecule has 0 spiro atoms. The number of hydrogen-bond donors (Lipinski definition) is 2. The van der Waals surface area contributed by atoms with Gasteiger partial charge in [0.05, 0.1) is 17.3 Å². The highest BCUT2D eigenvalue weighted by molar-refractivity contribution is 6.32. The SMILES string of the molecule is N#CC1=C(NC(=O)CCC(=O)O)Oc2c(ccc3ccccc23)C1c1ccc(Cl)c([N+](=O)[O-])c1. The predicted octanol–water partition coefficient (Wildman–Crippen LogP) is 4.64. The first-order valence-corrected chi connectivity index (χ1v) is 10.5. The molecule has 4 rings (SSSR count). The number of nitro benzene ring substituents is 1. The summed E-state index contributed by atoms with van der Waals surface area (Å²) in [6, 6.07) is 17.3. The van der Waals surface area contributed by atoms with E-state index in [0.29, 0.717) is 22.3 Å². The zero-order valence-corrected chi connectivity index (χ0v) is 18.2. The number of hydrogen-bond acceptors (Lipinski definition) is 6. The van der Waals surface area contributed by atoms with Gasteiger partial charge in [-0.3, -0.25) is 25.0 Å². The van der Waals surface area contributed by atoms with Gasteiger partial charge in [-0.1, -0.05) is 54.1 Å². The van der Waals surface area contributed by atoms with E-state index in [0.717, 1.165) is 5.39 Å². The Morgan fingerprint density at radius 1 is 1.18 bits per heavy atom. The minimum atomic E-state index is -1.14. The molecule has 0 saturated heterocycles. The Kier molecular flexibility index (Phi) is 6.17. The number of carboxylic acids is 1. The molecule has 3 aromatic carbocycles. The molecule has 0 fully saturated rings. The Morgan fingerprint density at radius 3 is 2.65 bits per heavy atom. The van der Waals surface area contributed by atoms with E-state index in [1.54, 1.807) is 12.1 Å². The van der Waals surface area contributed by atoms with E-state index < -0.39 is 29.1 Å². The zero-order chi connectivity index (χ0) is 24.4. The van der Waals surface area contributed by atoms with Crippen molar-refractivity contribution < 1.29 is 24.4 Å². The number of allylic oxidation sites excluding steroid dienone is 1. The standard InChI is InChI=1S/C24H16ClN3O6/c25-18-8-6-14(11-19(18)28(32)33)22-16-7-5-13-3-1-2-4-15(13)23(16)34-24(17(22)12-26)27-20(29)9-10-21(30)31/h1-8,11,22H,9-10H2,(H,27,29)(H,30,31). The average molecular weight is 478 g/mol. The molecule has 1 unspecified atom stereocenters. The smallest absolute Gasteiger partial charge is 0.303 e. The maximum absolute atomic E-state index is 12.4. The third-order valence-electron chi connectivity index (χ3n) is 5.40. The number of fused-ring (bicyclic) bond motifs is 3. The summed E-state index contributed by atoms with van der Waals surface area (Å²) in [6.45, 7) is 0. The van der Waals surface area contributed by atoms with Crippen LogP contribution in [0.2, 0.25) is 5.02 Å².